The van der Waals surface area contributed by atoms with E-state index in [9.17, 15) is 0 Å². The van der Waals surface area contributed by atoms with Gasteiger partial charge in [0, 0.05) is 37.6 Å². The van der Waals surface area contributed by atoms with Gasteiger partial charge >= 0.3 is 0 Å². The first-order valence-electron chi connectivity index (χ1n) is 9.35. The van der Waals surface area contributed by atoms with Gasteiger partial charge in [0.1, 0.15) is 5.82 Å². The Hall–Kier alpha value is -2.45. The number of hydrogen-bond acceptors (Lipinski definition) is 7. The normalized spacial score (nSPS) is 16.3. The fourth-order valence-corrected chi connectivity index (χ4v) is 3.76. The zero-order chi connectivity index (χ0) is 19.0. The molecule has 0 atom stereocenters. The van der Waals surface area contributed by atoms with Crippen LogP contribution in [0.4, 0.5) is 0 Å². The molecule has 8 heteroatoms. The third-order valence-corrected chi connectivity index (χ3v) is 5.36. The molecular weight excluding hydrogens is 344 g/mol. The maximum Gasteiger partial charge on any atom is 0.171 e. The van der Waals surface area contributed by atoms with Crippen LogP contribution in [0.25, 0.3) is 16.6 Å². The van der Waals surface area contributed by atoms with Gasteiger partial charge in [-0.05, 0) is 19.5 Å². The van der Waals surface area contributed by atoms with Crippen molar-refractivity contribution in [1.82, 2.24) is 29.4 Å². The zero-order valence-electron chi connectivity index (χ0n) is 16.4. The average Bonchev–Trinajstić information content (AvgIpc) is 3.12. The summed E-state index contributed by atoms with van der Waals surface area (Å²) in [4.78, 5) is 9.66. The molecule has 27 heavy (non-hydrogen) atoms. The SMILES string of the molecule is CCN1CCN(Cc2nnc3c4cc(OC)c(OC)cc4nc(C)n23)CC1. The molecule has 8 nitrogen and oxygen atoms in total. The predicted molar refractivity (Wildman–Crippen MR) is 104 cm³/mol. The Labute approximate surface area is 158 Å². The standard InChI is InChI=1S/C19H26N6O2/c1-5-23-6-8-24(9-7-23)12-18-21-22-19-14-10-16(26-3)17(27-4)11-15(14)20-13(2)25(18)19/h10-11H,5-9,12H2,1-4H3. The summed E-state index contributed by atoms with van der Waals surface area (Å²) in [6.45, 7) is 10.4. The number of methoxy groups -OCH3 is 2. The molecular formula is C19H26N6O2. The third-order valence-electron chi connectivity index (χ3n) is 5.36. The van der Waals surface area contributed by atoms with Gasteiger partial charge in [-0.3, -0.25) is 9.30 Å². The largest absolute Gasteiger partial charge is 0.493 e. The molecule has 1 fully saturated rings. The van der Waals surface area contributed by atoms with Crippen molar-refractivity contribution >= 4 is 16.6 Å². The molecule has 4 rings (SSSR count). The molecule has 1 aliphatic rings. The molecule has 0 amide bonds. The van der Waals surface area contributed by atoms with Gasteiger partial charge in [-0.15, -0.1) is 10.2 Å². The van der Waals surface area contributed by atoms with Crippen LogP contribution in [0.1, 0.15) is 18.6 Å². The molecule has 0 spiro atoms. The highest BCUT2D eigenvalue weighted by Crippen LogP contribution is 2.33. The summed E-state index contributed by atoms with van der Waals surface area (Å²) in [5, 5.41) is 9.87. The number of ether oxygens (including phenoxy) is 2. The van der Waals surface area contributed by atoms with Crippen LogP contribution in [0, 0.1) is 6.92 Å². The van der Waals surface area contributed by atoms with Gasteiger partial charge in [-0.25, -0.2) is 4.98 Å². The minimum Gasteiger partial charge on any atom is -0.493 e. The maximum atomic E-state index is 5.45. The topological polar surface area (TPSA) is 68.0 Å². The average molecular weight is 370 g/mol. The second-order valence-electron chi connectivity index (χ2n) is 6.87. The van der Waals surface area contributed by atoms with Crippen molar-refractivity contribution in [2.24, 2.45) is 0 Å². The van der Waals surface area contributed by atoms with Crippen molar-refractivity contribution in [3.05, 3.63) is 23.8 Å². The first-order chi connectivity index (χ1) is 13.1. The molecule has 0 N–H and O–H groups in total. The van der Waals surface area contributed by atoms with Gasteiger partial charge in [0.05, 0.1) is 26.3 Å². The van der Waals surface area contributed by atoms with Crippen molar-refractivity contribution in [2.75, 3.05) is 46.9 Å². The van der Waals surface area contributed by atoms with E-state index in [2.05, 4.69) is 31.3 Å². The first-order valence-corrected chi connectivity index (χ1v) is 9.35. The molecule has 1 saturated heterocycles. The monoisotopic (exact) mass is 370 g/mol. The van der Waals surface area contributed by atoms with Crippen molar-refractivity contribution in [1.29, 1.82) is 0 Å². The number of benzene rings is 1. The van der Waals surface area contributed by atoms with E-state index in [0.717, 1.165) is 67.5 Å². The van der Waals surface area contributed by atoms with E-state index in [4.69, 9.17) is 14.5 Å². The summed E-state index contributed by atoms with van der Waals surface area (Å²) < 4.78 is 12.9. The summed E-state index contributed by atoms with van der Waals surface area (Å²) in [6, 6.07) is 3.81. The van der Waals surface area contributed by atoms with E-state index in [-0.39, 0.29) is 0 Å². The van der Waals surface area contributed by atoms with Crippen LogP contribution in [-0.2, 0) is 6.54 Å². The van der Waals surface area contributed by atoms with Crippen LogP contribution in [0.5, 0.6) is 11.5 Å². The summed E-state index contributed by atoms with van der Waals surface area (Å²) in [7, 11) is 3.26. The van der Waals surface area contributed by atoms with Crippen LogP contribution in [0.3, 0.4) is 0 Å². The van der Waals surface area contributed by atoms with Gasteiger partial charge in [0.15, 0.2) is 23.0 Å². The Balaban J connectivity index is 1.73. The maximum absolute atomic E-state index is 5.45. The Morgan fingerprint density at radius 3 is 2.30 bits per heavy atom. The van der Waals surface area contributed by atoms with Crippen molar-refractivity contribution < 1.29 is 9.47 Å². The highest BCUT2D eigenvalue weighted by Gasteiger charge is 2.20. The molecule has 2 aromatic heterocycles. The van der Waals surface area contributed by atoms with Gasteiger partial charge < -0.3 is 14.4 Å². The fourth-order valence-electron chi connectivity index (χ4n) is 3.76. The van der Waals surface area contributed by atoms with Crippen molar-refractivity contribution in [2.45, 2.75) is 20.4 Å². The summed E-state index contributed by atoms with van der Waals surface area (Å²) >= 11 is 0. The quantitative estimate of drug-likeness (QED) is 0.678. The second-order valence-corrected chi connectivity index (χ2v) is 6.87. The molecule has 3 aromatic rings. The number of rotatable bonds is 5. The van der Waals surface area contributed by atoms with Crippen LogP contribution in [0.15, 0.2) is 12.1 Å². The predicted octanol–water partition coefficient (Wildman–Crippen LogP) is 1.74. The van der Waals surface area contributed by atoms with E-state index in [0.29, 0.717) is 11.5 Å². The molecule has 3 heterocycles. The molecule has 0 bridgehead atoms. The minimum absolute atomic E-state index is 0.662. The molecule has 0 unspecified atom stereocenters. The molecule has 0 aliphatic carbocycles. The lowest BCUT2D eigenvalue weighted by Crippen LogP contribution is -2.45. The lowest BCUT2D eigenvalue weighted by molar-refractivity contribution is 0.129. The van der Waals surface area contributed by atoms with Crippen LogP contribution in [-0.4, -0.2) is 76.3 Å². The molecule has 0 radical (unpaired) electrons. The van der Waals surface area contributed by atoms with Crippen LogP contribution < -0.4 is 9.47 Å². The molecule has 0 saturated carbocycles. The lowest BCUT2D eigenvalue weighted by atomic mass is 10.2. The van der Waals surface area contributed by atoms with Crippen LogP contribution in [0.2, 0.25) is 0 Å². The molecule has 1 aromatic carbocycles. The zero-order valence-corrected chi connectivity index (χ0v) is 16.4. The fraction of sp³-hybridized carbons (Fsp3) is 0.526. The van der Waals surface area contributed by atoms with E-state index < -0.39 is 0 Å². The van der Waals surface area contributed by atoms with Gasteiger partial charge in [0.25, 0.3) is 0 Å². The summed E-state index contributed by atoms with van der Waals surface area (Å²) in [5.74, 6) is 3.13. The van der Waals surface area contributed by atoms with E-state index in [1.165, 1.54) is 0 Å². The Bertz CT molecular complexity index is 962. The Morgan fingerprint density at radius 2 is 1.63 bits per heavy atom. The molecule has 1 aliphatic heterocycles. The van der Waals surface area contributed by atoms with Crippen molar-refractivity contribution in [3.63, 3.8) is 0 Å². The number of hydrogen-bond donors (Lipinski definition) is 0. The number of nitrogens with zero attached hydrogens (tertiary/aromatic N) is 6. The van der Waals surface area contributed by atoms with E-state index in [1.54, 1.807) is 14.2 Å². The highest BCUT2D eigenvalue weighted by molar-refractivity contribution is 5.93. The number of piperazine rings is 1. The van der Waals surface area contributed by atoms with Gasteiger partial charge in [-0.1, -0.05) is 6.92 Å². The second kappa shape index (κ2) is 7.28. The first kappa shape index (κ1) is 17.9. The summed E-state index contributed by atoms with van der Waals surface area (Å²) in [5.41, 5.74) is 1.63. The van der Waals surface area contributed by atoms with Gasteiger partial charge in [-0.2, -0.15) is 0 Å². The Kier molecular flexibility index (Phi) is 4.84. The number of fused-ring (bicyclic) bond motifs is 3. The number of aryl methyl sites for hydroxylation is 1. The lowest BCUT2D eigenvalue weighted by Gasteiger charge is -2.33. The minimum atomic E-state index is 0.662. The number of likely N-dealkylation sites (N-methyl/N-ethyl adjacent to an activating group) is 1. The molecule has 144 valence electrons. The van der Waals surface area contributed by atoms with Crippen LogP contribution >= 0.6 is 0 Å². The smallest absolute Gasteiger partial charge is 0.171 e. The Morgan fingerprint density at radius 1 is 0.963 bits per heavy atom. The number of aromatic nitrogens is 4. The third kappa shape index (κ3) is 3.19. The van der Waals surface area contributed by atoms with E-state index in [1.807, 2.05) is 19.1 Å². The summed E-state index contributed by atoms with van der Waals surface area (Å²) in [6.07, 6.45) is 0. The van der Waals surface area contributed by atoms with E-state index >= 15 is 0 Å². The van der Waals surface area contributed by atoms with Gasteiger partial charge in [0.2, 0.25) is 0 Å². The van der Waals surface area contributed by atoms with Crippen molar-refractivity contribution in [3.8, 4) is 11.5 Å². The highest BCUT2D eigenvalue weighted by atomic mass is 16.5.